The van der Waals surface area contributed by atoms with Crippen LogP contribution in [0.25, 0.3) is 0 Å². The molecule has 1 aromatic rings. The van der Waals surface area contributed by atoms with E-state index in [1.807, 2.05) is 5.38 Å². The molecule has 2 heterocycles. The first kappa shape index (κ1) is 6.04. The summed E-state index contributed by atoms with van der Waals surface area (Å²) in [4.78, 5) is 0. The lowest BCUT2D eigenvalue weighted by molar-refractivity contribution is 0.227. The normalized spacial score (nSPS) is 22.7. The smallest absolute Gasteiger partial charge is 0.153 e. The highest BCUT2D eigenvalue weighted by molar-refractivity contribution is 7.08. The maximum atomic E-state index is 5.52. The van der Waals surface area contributed by atoms with Gasteiger partial charge >= 0.3 is 0 Å². The Bertz CT molecular complexity index is 233. The zero-order valence-electron chi connectivity index (χ0n) is 5.76. The first-order valence-electron chi connectivity index (χ1n) is 3.33. The molecule has 1 aromatic heterocycles. The van der Waals surface area contributed by atoms with Crippen molar-refractivity contribution in [3.63, 3.8) is 0 Å². The molecule has 1 aliphatic rings. The number of ether oxygens (including phenoxy) is 1. The van der Waals surface area contributed by atoms with Gasteiger partial charge in [0, 0.05) is 10.8 Å². The van der Waals surface area contributed by atoms with Crippen molar-refractivity contribution < 1.29 is 4.74 Å². The molecule has 3 heteroatoms. The largest absolute Gasteiger partial charge is 0.486 e. The molecule has 1 atom stereocenters. The van der Waals surface area contributed by atoms with Gasteiger partial charge in [-0.1, -0.05) is 0 Å². The van der Waals surface area contributed by atoms with Gasteiger partial charge in [-0.2, -0.15) is 0 Å². The fourth-order valence-electron chi connectivity index (χ4n) is 1.02. The average molecular weight is 155 g/mol. The van der Waals surface area contributed by atoms with E-state index >= 15 is 0 Å². The van der Waals surface area contributed by atoms with E-state index in [4.69, 9.17) is 4.74 Å². The number of anilines is 1. The van der Waals surface area contributed by atoms with Crippen molar-refractivity contribution in [3.8, 4) is 5.75 Å². The minimum atomic E-state index is 0.307. The molecule has 1 unspecified atom stereocenters. The minimum absolute atomic E-state index is 0.307. The van der Waals surface area contributed by atoms with E-state index in [9.17, 15) is 0 Å². The Kier molecular flexibility index (Phi) is 1.31. The van der Waals surface area contributed by atoms with Crippen molar-refractivity contribution in [2.45, 2.75) is 13.0 Å². The van der Waals surface area contributed by atoms with Gasteiger partial charge in [0.05, 0.1) is 12.2 Å². The van der Waals surface area contributed by atoms with Crippen molar-refractivity contribution in [2.24, 2.45) is 0 Å². The van der Waals surface area contributed by atoms with Gasteiger partial charge in [0.25, 0.3) is 0 Å². The zero-order chi connectivity index (χ0) is 6.97. The molecular formula is C7H9NOS. The predicted molar refractivity (Wildman–Crippen MR) is 42.9 cm³/mol. The van der Waals surface area contributed by atoms with Gasteiger partial charge < -0.3 is 10.1 Å². The number of fused-ring (bicyclic) bond motifs is 1. The van der Waals surface area contributed by atoms with Crippen molar-refractivity contribution in [1.82, 2.24) is 0 Å². The van der Waals surface area contributed by atoms with Crippen LogP contribution in [0.5, 0.6) is 5.75 Å². The number of hydrogen-bond donors (Lipinski definition) is 1. The van der Waals surface area contributed by atoms with Gasteiger partial charge in [0.2, 0.25) is 0 Å². The fourth-order valence-corrected chi connectivity index (χ4v) is 1.73. The summed E-state index contributed by atoms with van der Waals surface area (Å²) in [5.41, 5.74) is 1.14. The molecule has 0 bridgehead atoms. The van der Waals surface area contributed by atoms with Crippen LogP contribution in [0.1, 0.15) is 6.92 Å². The van der Waals surface area contributed by atoms with Gasteiger partial charge in [-0.25, -0.2) is 0 Å². The van der Waals surface area contributed by atoms with Gasteiger partial charge in [-0.15, -0.1) is 11.3 Å². The second-order valence-electron chi connectivity index (χ2n) is 2.46. The second kappa shape index (κ2) is 2.16. The maximum absolute atomic E-state index is 5.52. The highest BCUT2D eigenvalue weighted by Gasteiger charge is 2.14. The fraction of sp³-hybridized carbons (Fsp3) is 0.429. The van der Waals surface area contributed by atoms with Gasteiger partial charge in [-0.3, -0.25) is 0 Å². The monoisotopic (exact) mass is 155 g/mol. The predicted octanol–water partition coefficient (Wildman–Crippen LogP) is 1.94. The molecule has 2 nitrogen and oxygen atoms in total. The van der Waals surface area contributed by atoms with Crippen molar-refractivity contribution in [2.75, 3.05) is 11.9 Å². The van der Waals surface area contributed by atoms with E-state index in [0.29, 0.717) is 6.10 Å². The lowest BCUT2D eigenvalue weighted by Gasteiger charge is -2.21. The Labute approximate surface area is 63.8 Å². The molecule has 0 fully saturated rings. The summed E-state index contributed by atoms with van der Waals surface area (Å²) < 4.78 is 5.52. The Balaban J connectivity index is 2.30. The third kappa shape index (κ3) is 0.865. The van der Waals surface area contributed by atoms with Gasteiger partial charge in [0.15, 0.2) is 5.75 Å². The van der Waals surface area contributed by atoms with Crippen LogP contribution in [-0.2, 0) is 0 Å². The second-order valence-corrected chi connectivity index (χ2v) is 3.20. The summed E-state index contributed by atoms with van der Waals surface area (Å²) in [6.45, 7) is 2.98. The number of nitrogens with one attached hydrogen (secondary N) is 1. The topological polar surface area (TPSA) is 21.3 Å². The average Bonchev–Trinajstić information content (AvgIpc) is 2.33. The lowest BCUT2D eigenvalue weighted by Crippen LogP contribution is -2.26. The van der Waals surface area contributed by atoms with E-state index in [-0.39, 0.29) is 0 Å². The summed E-state index contributed by atoms with van der Waals surface area (Å²) in [5.74, 6) is 1.00. The lowest BCUT2D eigenvalue weighted by atomic mass is 10.3. The standard InChI is InChI=1S/C7H9NOS/c1-5-2-8-6-3-10-4-7(6)9-5/h3-5,8H,2H2,1H3. The van der Waals surface area contributed by atoms with E-state index in [1.165, 1.54) is 0 Å². The molecule has 54 valence electrons. The number of rotatable bonds is 0. The van der Waals surface area contributed by atoms with E-state index in [1.54, 1.807) is 11.3 Å². The van der Waals surface area contributed by atoms with Crippen LogP contribution in [0.15, 0.2) is 10.8 Å². The summed E-state index contributed by atoms with van der Waals surface area (Å²) >= 11 is 1.67. The molecule has 1 aliphatic heterocycles. The van der Waals surface area contributed by atoms with Crippen LogP contribution < -0.4 is 10.1 Å². The molecule has 2 rings (SSSR count). The van der Waals surface area contributed by atoms with E-state index in [0.717, 1.165) is 18.0 Å². The van der Waals surface area contributed by atoms with Crippen LogP contribution in [-0.4, -0.2) is 12.6 Å². The molecule has 0 amide bonds. The maximum Gasteiger partial charge on any atom is 0.153 e. The summed E-state index contributed by atoms with van der Waals surface area (Å²) in [6, 6.07) is 0. The summed E-state index contributed by atoms with van der Waals surface area (Å²) in [5, 5.41) is 7.37. The van der Waals surface area contributed by atoms with Crippen LogP contribution >= 0.6 is 11.3 Å². The molecule has 0 spiro atoms. The van der Waals surface area contributed by atoms with Crippen LogP contribution in [0.3, 0.4) is 0 Å². The Morgan fingerprint density at radius 3 is 3.50 bits per heavy atom. The molecule has 0 radical (unpaired) electrons. The molecule has 0 saturated heterocycles. The molecule has 0 saturated carbocycles. The quantitative estimate of drug-likeness (QED) is 0.618. The van der Waals surface area contributed by atoms with Crippen LogP contribution in [0, 0.1) is 0 Å². The highest BCUT2D eigenvalue weighted by Crippen LogP contribution is 2.32. The Hall–Kier alpha value is -0.700. The molecular weight excluding hydrogens is 146 g/mol. The van der Waals surface area contributed by atoms with Gasteiger partial charge in [0.1, 0.15) is 6.10 Å². The van der Waals surface area contributed by atoms with Crippen LogP contribution in [0.4, 0.5) is 5.69 Å². The first-order chi connectivity index (χ1) is 4.86. The van der Waals surface area contributed by atoms with Crippen molar-refractivity contribution in [1.29, 1.82) is 0 Å². The van der Waals surface area contributed by atoms with E-state index < -0.39 is 0 Å². The molecule has 10 heavy (non-hydrogen) atoms. The Morgan fingerprint density at radius 1 is 1.70 bits per heavy atom. The molecule has 0 aromatic carbocycles. The van der Waals surface area contributed by atoms with Crippen molar-refractivity contribution in [3.05, 3.63) is 10.8 Å². The van der Waals surface area contributed by atoms with Gasteiger partial charge in [-0.05, 0) is 6.92 Å². The third-order valence-corrected chi connectivity index (χ3v) is 2.26. The molecule has 0 aliphatic carbocycles. The van der Waals surface area contributed by atoms with E-state index in [2.05, 4.69) is 17.6 Å². The van der Waals surface area contributed by atoms with Crippen LogP contribution in [0.2, 0.25) is 0 Å². The first-order valence-corrected chi connectivity index (χ1v) is 4.27. The number of hydrogen-bond acceptors (Lipinski definition) is 3. The zero-order valence-corrected chi connectivity index (χ0v) is 6.57. The highest BCUT2D eigenvalue weighted by atomic mass is 32.1. The SMILES string of the molecule is CC1CNc2cscc2O1. The minimum Gasteiger partial charge on any atom is -0.486 e. The van der Waals surface area contributed by atoms with Crippen molar-refractivity contribution >= 4 is 17.0 Å². The third-order valence-electron chi connectivity index (χ3n) is 1.53. The number of thiophene rings is 1. The Morgan fingerprint density at radius 2 is 2.60 bits per heavy atom. The summed E-state index contributed by atoms with van der Waals surface area (Å²) in [6.07, 6.45) is 0.307. The molecule has 1 N–H and O–H groups in total. The summed E-state index contributed by atoms with van der Waals surface area (Å²) in [7, 11) is 0.